The molecule has 1 saturated heterocycles. The van der Waals surface area contributed by atoms with Crippen molar-refractivity contribution < 1.29 is 14.7 Å². The van der Waals surface area contributed by atoms with Crippen molar-refractivity contribution in [2.24, 2.45) is 0 Å². The Kier molecular flexibility index (Phi) is 7.60. The summed E-state index contributed by atoms with van der Waals surface area (Å²) in [6, 6.07) is 10.0. The predicted octanol–water partition coefficient (Wildman–Crippen LogP) is 2.12. The first-order chi connectivity index (χ1) is 12.4. The van der Waals surface area contributed by atoms with Gasteiger partial charge in [0.25, 0.3) is 0 Å². The molecule has 0 aliphatic carbocycles. The van der Waals surface area contributed by atoms with Gasteiger partial charge in [-0.3, -0.25) is 19.4 Å². The van der Waals surface area contributed by atoms with Crippen molar-refractivity contribution in [1.82, 2.24) is 15.1 Å². The first kappa shape index (κ1) is 20.4. The Morgan fingerprint density at radius 2 is 1.92 bits per heavy atom. The van der Waals surface area contributed by atoms with Crippen molar-refractivity contribution in [3.05, 3.63) is 35.9 Å². The molecule has 144 valence electrons. The maximum Gasteiger partial charge on any atom is 0.317 e. The molecule has 2 rings (SSSR count). The van der Waals surface area contributed by atoms with Gasteiger partial charge >= 0.3 is 5.97 Å². The van der Waals surface area contributed by atoms with Gasteiger partial charge in [0.15, 0.2) is 0 Å². The summed E-state index contributed by atoms with van der Waals surface area (Å²) in [4.78, 5) is 27.7. The lowest BCUT2D eigenvalue weighted by molar-refractivity contribution is -0.138. The van der Waals surface area contributed by atoms with Crippen LogP contribution in [-0.4, -0.2) is 65.5 Å². The summed E-state index contributed by atoms with van der Waals surface area (Å²) < 4.78 is 0. The fraction of sp³-hybridized carbons (Fsp3) is 0.600. The van der Waals surface area contributed by atoms with Crippen LogP contribution >= 0.6 is 0 Å². The number of nitrogens with one attached hydrogen (secondary N) is 1. The molecule has 1 aromatic carbocycles. The molecule has 6 nitrogen and oxygen atoms in total. The lowest BCUT2D eigenvalue weighted by Gasteiger charge is -2.29. The van der Waals surface area contributed by atoms with Crippen LogP contribution in [0, 0.1) is 0 Å². The number of likely N-dealkylation sites (tertiary alicyclic amines) is 1. The minimum absolute atomic E-state index is 0.0208. The van der Waals surface area contributed by atoms with E-state index in [2.05, 4.69) is 10.2 Å². The first-order valence-electron chi connectivity index (χ1n) is 9.40. The van der Waals surface area contributed by atoms with Crippen LogP contribution in [0.3, 0.4) is 0 Å². The van der Waals surface area contributed by atoms with Crippen molar-refractivity contribution >= 4 is 11.9 Å². The Morgan fingerprint density at radius 1 is 1.23 bits per heavy atom. The van der Waals surface area contributed by atoms with Gasteiger partial charge in [-0.2, -0.15) is 0 Å². The third kappa shape index (κ3) is 5.81. The molecule has 0 spiro atoms. The number of likely N-dealkylation sites (N-methyl/N-ethyl adjacent to an activating group) is 1. The number of nitrogens with zero attached hydrogens (tertiary/aromatic N) is 2. The fourth-order valence-electron chi connectivity index (χ4n) is 3.60. The second-order valence-electron chi connectivity index (χ2n) is 7.25. The molecular weight excluding hydrogens is 330 g/mol. The molecule has 1 heterocycles. The molecule has 1 fully saturated rings. The maximum atomic E-state index is 12.7. The molecule has 0 aromatic heterocycles. The van der Waals surface area contributed by atoms with E-state index in [-0.39, 0.29) is 30.6 Å². The van der Waals surface area contributed by atoms with E-state index >= 15 is 0 Å². The third-order valence-electron chi connectivity index (χ3n) is 5.33. The maximum absolute atomic E-state index is 12.7. The topological polar surface area (TPSA) is 72.9 Å². The molecular formula is C20H31N3O3. The fourth-order valence-corrected chi connectivity index (χ4v) is 3.60. The van der Waals surface area contributed by atoms with E-state index in [1.54, 1.807) is 0 Å². The van der Waals surface area contributed by atoms with Crippen LogP contribution in [0.2, 0.25) is 0 Å². The van der Waals surface area contributed by atoms with Crippen LogP contribution in [0.15, 0.2) is 30.3 Å². The summed E-state index contributed by atoms with van der Waals surface area (Å²) in [5.41, 5.74) is 1.10. The van der Waals surface area contributed by atoms with E-state index in [4.69, 9.17) is 5.11 Å². The normalized spacial score (nSPS) is 21.0. The Morgan fingerprint density at radius 3 is 2.58 bits per heavy atom. The van der Waals surface area contributed by atoms with Gasteiger partial charge in [-0.25, -0.2) is 0 Å². The van der Waals surface area contributed by atoms with Crippen LogP contribution < -0.4 is 5.32 Å². The van der Waals surface area contributed by atoms with E-state index in [1.807, 2.05) is 56.1 Å². The SMILES string of the molecule is CC(NC(=O)C(C)N1CCCC(N(C)CC(=O)O)CC1)c1ccccc1. The minimum atomic E-state index is -0.795. The van der Waals surface area contributed by atoms with Gasteiger partial charge in [0.2, 0.25) is 5.91 Å². The summed E-state index contributed by atoms with van der Waals surface area (Å²) >= 11 is 0. The summed E-state index contributed by atoms with van der Waals surface area (Å²) in [6.07, 6.45) is 2.82. The molecule has 2 N–H and O–H groups in total. The van der Waals surface area contributed by atoms with Gasteiger partial charge in [0.05, 0.1) is 18.6 Å². The van der Waals surface area contributed by atoms with Crippen LogP contribution in [-0.2, 0) is 9.59 Å². The molecule has 1 amide bonds. The van der Waals surface area contributed by atoms with Crippen molar-refractivity contribution in [2.75, 3.05) is 26.7 Å². The number of hydrogen-bond acceptors (Lipinski definition) is 4. The largest absolute Gasteiger partial charge is 0.480 e. The van der Waals surface area contributed by atoms with Crippen LogP contribution in [0.1, 0.15) is 44.7 Å². The zero-order valence-corrected chi connectivity index (χ0v) is 16.0. The van der Waals surface area contributed by atoms with E-state index in [9.17, 15) is 9.59 Å². The molecule has 1 aromatic rings. The number of aliphatic carboxylic acids is 1. The van der Waals surface area contributed by atoms with E-state index < -0.39 is 5.97 Å². The quantitative estimate of drug-likeness (QED) is 0.778. The van der Waals surface area contributed by atoms with Gasteiger partial charge in [-0.1, -0.05) is 30.3 Å². The highest BCUT2D eigenvalue weighted by atomic mass is 16.4. The molecule has 6 heteroatoms. The Hall–Kier alpha value is -1.92. The zero-order chi connectivity index (χ0) is 19.1. The average molecular weight is 361 g/mol. The number of amides is 1. The van der Waals surface area contributed by atoms with Crippen LogP contribution in [0.25, 0.3) is 0 Å². The van der Waals surface area contributed by atoms with Gasteiger partial charge in [-0.15, -0.1) is 0 Å². The molecule has 0 radical (unpaired) electrons. The Balaban J connectivity index is 1.87. The number of carbonyl (C=O) groups is 2. The third-order valence-corrected chi connectivity index (χ3v) is 5.33. The number of carboxylic acids is 1. The van der Waals surface area contributed by atoms with Crippen molar-refractivity contribution in [3.63, 3.8) is 0 Å². The molecule has 3 unspecified atom stereocenters. The molecule has 1 aliphatic heterocycles. The number of hydrogen-bond donors (Lipinski definition) is 2. The molecule has 3 atom stereocenters. The number of rotatable bonds is 7. The molecule has 0 bridgehead atoms. The van der Waals surface area contributed by atoms with E-state index in [0.717, 1.165) is 37.9 Å². The van der Waals surface area contributed by atoms with Crippen LogP contribution in [0.5, 0.6) is 0 Å². The summed E-state index contributed by atoms with van der Waals surface area (Å²) in [5.74, 6) is -0.755. The Bertz CT molecular complexity index is 593. The Labute approximate surface area is 156 Å². The second-order valence-corrected chi connectivity index (χ2v) is 7.25. The number of carboxylic acid groups (broad SMARTS) is 1. The second kappa shape index (κ2) is 9.69. The number of benzene rings is 1. The zero-order valence-electron chi connectivity index (χ0n) is 16.0. The first-order valence-corrected chi connectivity index (χ1v) is 9.40. The highest BCUT2D eigenvalue weighted by Crippen LogP contribution is 2.18. The van der Waals surface area contributed by atoms with Gasteiger partial charge in [0.1, 0.15) is 0 Å². The molecule has 26 heavy (non-hydrogen) atoms. The van der Waals surface area contributed by atoms with Gasteiger partial charge in [-0.05, 0) is 52.3 Å². The standard InChI is InChI=1S/C20H31N3O3/c1-15(17-8-5-4-6-9-17)21-20(26)16(2)23-12-7-10-18(11-13-23)22(3)14-19(24)25/h4-6,8-9,15-16,18H,7,10-14H2,1-3H3,(H,21,26)(H,24,25). The smallest absolute Gasteiger partial charge is 0.317 e. The van der Waals surface area contributed by atoms with E-state index in [1.165, 1.54) is 0 Å². The lowest BCUT2D eigenvalue weighted by Crippen LogP contribution is -2.46. The van der Waals surface area contributed by atoms with Gasteiger partial charge in [0, 0.05) is 12.6 Å². The molecule has 0 saturated carbocycles. The van der Waals surface area contributed by atoms with Crippen LogP contribution in [0.4, 0.5) is 0 Å². The highest BCUT2D eigenvalue weighted by Gasteiger charge is 2.27. The summed E-state index contributed by atoms with van der Waals surface area (Å²) in [6.45, 7) is 5.69. The lowest BCUT2D eigenvalue weighted by atomic mass is 10.1. The predicted molar refractivity (Wildman–Crippen MR) is 102 cm³/mol. The van der Waals surface area contributed by atoms with Crippen molar-refractivity contribution in [1.29, 1.82) is 0 Å². The molecule has 1 aliphatic rings. The summed E-state index contributed by atoms with van der Waals surface area (Å²) in [5, 5.41) is 12.1. The van der Waals surface area contributed by atoms with Gasteiger partial charge < -0.3 is 10.4 Å². The van der Waals surface area contributed by atoms with E-state index in [0.29, 0.717) is 0 Å². The number of carbonyl (C=O) groups excluding carboxylic acids is 1. The minimum Gasteiger partial charge on any atom is -0.480 e. The highest BCUT2D eigenvalue weighted by molar-refractivity contribution is 5.81. The monoisotopic (exact) mass is 361 g/mol. The summed E-state index contributed by atoms with van der Waals surface area (Å²) in [7, 11) is 1.87. The van der Waals surface area contributed by atoms with Crippen molar-refractivity contribution in [3.8, 4) is 0 Å². The van der Waals surface area contributed by atoms with Crippen molar-refractivity contribution in [2.45, 2.75) is 51.2 Å². The average Bonchev–Trinajstić information content (AvgIpc) is 2.87.